The maximum atomic E-state index is 11.6. The number of nitrogens with one attached hydrogen (secondary N) is 1. The lowest BCUT2D eigenvalue weighted by Gasteiger charge is -2.49. The molecule has 1 aromatic carbocycles. The van der Waals surface area contributed by atoms with Crippen molar-refractivity contribution >= 4 is 29.1 Å². The van der Waals surface area contributed by atoms with Crippen LogP contribution in [0.5, 0.6) is 5.75 Å². The van der Waals surface area contributed by atoms with Gasteiger partial charge in [0, 0.05) is 11.9 Å². The SMILES string of the molecule is CC(=O)N[C@@H]1[C@@H](OCCOc2ccc(Cl)cc2Cl)O[C@@H]2COC(C)(C)O[C@@H]2[C@@H]1O. The van der Waals surface area contributed by atoms with Gasteiger partial charge in [-0.2, -0.15) is 0 Å². The van der Waals surface area contributed by atoms with Crippen LogP contribution in [0, 0.1) is 0 Å². The summed E-state index contributed by atoms with van der Waals surface area (Å²) in [7, 11) is 0. The molecule has 1 amide bonds. The minimum Gasteiger partial charge on any atom is -0.490 e. The number of carbonyl (C=O) groups excluding carboxylic acids is 1. The third-order valence-corrected chi connectivity index (χ3v) is 5.11. The Hall–Kier alpha value is -1.13. The maximum absolute atomic E-state index is 11.6. The van der Waals surface area contributed by atoms with E-state index in [1.165, 1.54) is 6.92 Å². The van der Waals surface area contributed by atoms with Crippen LogP contribution in [0.1, 0.15) is 20.8 Å². The van der Waals surface area contributed by atoms with E-state index in [4.69, 9.17) is 46.9 Å². The smallest absolute Gasteiger partial charge is 0.217 e. The van der Waals surface area contributed by atoms with E-state index in [1.807, 2.05) is 0 Å². The van der Waals surface area contributed by atoms with E-state index in [2.05, 4.69) is 5.32 Å². The van der Waals surface area contributed by atoms with Gasteiger partial charge in [0.05, 0.1) is 18.2 Å². The van der Waals surface area contributed by atoms with Crippen LogP contribution in [-0.4, -0.2) is 67.3 Å². The average molecular weight is 450 g/mol. The molecule has 0 unspecified atom stereocenters. The maximum Gasteiger partial charge on any atom is 0.217 e. The zero-order valence-electron chi connectivity index (χ0n) is 16.4. The Morgan fingerprint density at radius 2 is 2.10 bits per heavy atom. The zero-order valence-corrected chi connectivity index (χ0v) is 17.9. The van der Waals surface area contributed by atoms with Crippen molar-refractivity contribution in [2.45, 2.75) is 57.2 Å². The van der Waals surface area contributed by atoms with E-state index in [9.17, 15) is 9.90 Å². The first-order valence-electron chi connectivity index (χ1n) is 9.28. The normalized spacial score (nSPS) is 31.0. The van der Waals surface area contributed by atoms with E-state index in [1.54, 1.807) is 32.0 Å². The lowest BCUT2D eigenvalue weighted by molar-refractivity contribution is -0.369. The number of hydrogen-bond donors (Lipinski definition) is 2. The Labute approximate surface area is 179 Å². The molecule has 0 spiro atoms. The fourth-order valence-electron chi connectivity index (χ4n) is 3.28. The van der Waals surface area contributed by atoms with Crippen LogP contribution in [0.25, 0.3) is 0 Å². The van der Waals surface area contributed by atoms with Gasteiger partial charge in [0.1, 0.15) is 36.7 Å². The van der Waals surface area contributed by atoms with E-state index in [-0.39, 0.29) is 25.7 Å². The van der Waals surface area contributed by atoms with Gasteiger partial charge in [-0.25, -0.2) is 0 Å². The molecule has 162 valence electrons. The molecule has 0 bridgehead atoms. The molecule has 1 aromatic rings. The van der Waals surface area contributed by atoms with Crippen LogP contribution < -0.4 is 10.1 Å². The number of fused-ring (bicyclic) bond motifs is 1. The predicted molar refractivity (Wildman–Crippen MR) is 105 cm³/mol. The number of rotatable bonds is 6. The van der Waals surface area contributed by atoms with Crippen LogP contribution in [0.15, 0.2) is 18.2 Å². The minimum absolute atomic E-state index is 0.136. The first-order chi connectivity index (χ1) is 13.7. The second-order valence-corrected chi connectivity index (χ2v) is 8.19. The molecule has 2 fully saturated rings. The second kappa shape index (κ2) is 9.34. The van der Waals surface area contributed by atoms with Crippen molar-refractivity contribution in [1.29, 1.82) is 0 Å². The number of halogens is 2. The van der Waals surface area contributed by atoms with Gasteiger partial charge in [-0.3, -0.25) is 4.79 Å². The highest BCUT2D eigenvalue weighted by atomic mass is 35.5. The summed E-state index contributed by atoms with van der Waals surface area (Å²) in [6.45, 7) is 5.42. The van der Waals surface area contributed by atoms with Crippen molar-refractivity contribution in [3.8, 4) is 5.75 Å². The lowest BCUT2D eigenvalue weighted by Crippen LogP contribution is -2.68. The van der Waals surface area contributed by atoms with Gasteiger partial charge in [-0.15, -0.1) is 0 Å². The van der Waals surface area contributed by atoms with Crippen LogP contribution in [0.2, 0.25) is 10.0 Å². The van der Waals surface area contributed by atoms with E-state index in [0.717, 1.165) is 0 Å². The Kier molecular flexibility index (Phi) is 7.27. The molecule has 2 aliphatic rings. The van der Waals surface area contributed by atoms with Crippen LogP contribution in [0.3, 0.4) is 0 Å². The molecule has 5 atom stereocenters. The van der Waals surface area contributed by atoms with E-state index < -0.39 is 36.4 Å². The predicted octanol–water partition coefficient (Wildman–Crippen LogP) is 2.13. The van der Waals surface area contributed by atoms with Crippen molar-refractivity contribution in [3.63, 3.8) is 0 Å². The quantitative estimate of drug-likeness (QED) is 0.642. The van der Waals surface area contributed by atoms with Gasteiger partial charge in [-0.05, 0) is 32.0 Å². The van der Waals surface area contributed by atoms with Gasteiger partial charge in [-0.1, -0.05) is 23.2 Å². The molecule has 8 nitrogen and oxygen atoms in total. The van der Waals surface area contributed by atoms with Crippen molar-refractivity contribution in [2.24, 2.45) is 0 Å². The van der Waals surface area contributed by atoms with Gasteiger partial charge in [0.25, 0.3) is 0 Å². The van der Waals surface area contributed by atoms with Crippen molar-refractivity contribution in [2.75, 3.05) is 19.8 Å². The van der Waals surface area contributed by atoms with Gasteiger partial charge >= 0.3 is 0 Å². The molecule has 29 heavy (non-hydrogen) atoms. The van der Waals surface area contributed by atoms with Gasteiger partial charge in [0.2, 0.25) is 5.91 Å². The topological polar surface area (TPSA) is 95.5 Å². The standard InChI is InChI=1S/C19H25Cl2NO7/c1-10(23)22-15-16(24)17-14(9-27-19(2,3)29-17)28-18(15)26-7-6-25-13-5-4-11(20)8-12(13)21/h4-5,8,14-18,24H,6-7,9H2,1-3H3,(H,22,23)/t14-,15+,16-,17+,18+/m1/s1. The highest BCUT2D eigenvalue weighted by Gasteiger charge is 2.51. The number of amides is 1. The van der Waals surface area contributed by atoms with E-state index >= 15 is 0 Å². The van der Waals surface area contributed by atoms with Crippen molar-refractivity contribution in [3.05, 3.63) is 28.2 Å². The van der Waals surface area contributed by atoms with Crippen LogP contribution >= 0.6 is 23.2 Å². The number of benzene rings is 1. The third kappa shape index (κ3) is 5.73. The Bertz CT molecular complexity index is 733. The number of aliphatic hydroxyl groups is 1. The van der Waals surface area contributed by atoms with E-state index in [0.29, 0.717) is 15.8 Å². The summed E-state index contributed by atoms with van der Waals surface area (Å²) in [6, 6.07) is 4.11. The molecule has 2 heterocycles. The van der Waals surface area contributed by atoms with Crippen molar-refractivity contribution in [1.82, 2.24) is 5.32 Å². The summed E-state index contributed by atoms with van der Waals surface area (Å²) in [5.41, 5.74) is 0. The number of ether oxygens (including phenoxy) is 5. The fourth-order valence-corrected chi connectivity index (χ4v) is 3.75. The molecule has 0 aliphatic carbocycles. The summed E-state index contributed by atoms with van der Waals surface area (Å²) < 4.78 is 28.7. The highest BCUT2D eigenvalue weighted by molar-refractivity contribution is 6.35. The fraction of sp³-hybridized carbons (Fsp3) is 0.632. The summed E-state index contributed by atoms with van der Waals surface area (Å²) in [4.78, 5) is 11.6. The molecule has 0 aromatic heterocycles. The number of hydrogen-bond acceptors (Lipinski definition) is 7. The zero-order chi connectivity index (χ0) is 21.2. The molecule has 10 heteroatoms. The van der Waals surface area contributed by atoms with Crippen LogP contribution in [-0.2, 0) is 23.7 Å². The largest absolute Gasteiger partial charge is 0.490 e. The molecule has 0 saturated carbocycles. The molecule has 0 radical (unpaired) electrons. The van der Waals surface area contributed by atoms with Gasteiger partial charge < -0.3 is 34.1 Å². The Balaban J connectivity index is 1.59. The number of aliphatic hydroxyl groups excluding tert-OH is 1. The monoisotopic (exact) mass is 449 g/mol. The van der Waals surface area contributed by atoms with Gasteiger partial charge in [0.15, 0.2) is 12.1 Å². The molecule has 2 aliphatic heterocycles. The summed E-state index contributed by atoms with van der Waals surface area (Å²) >= 11 is 11.9. The molecule has 3 rings (SSSR count). The second-order valence-electron chi connectivity index (χ2n) is 7.35. The molecule has 2 saturated heterocycles. The molecular formula is C19H25Cl2NO7. The first kappa shape index (κ1) is 22.6. The summed E-state index contributed by atoms with van der Waals surface area (Å²) in [6.07, 6.45) is -3.11. The number of carbonyl (C=O) groups is 1. The summed E-state index contributed by atoms with van der Waals surface area (Å²) in [5, 5.41) is 14.4. The lowest BCUT2D eigenvalue weighted by atomic mass is 9.95. The minimum atomic E-state index is -1.03. The van der Waals surface area contributed by atoms with Crippen molar-refractivity contribution < 1.29 is 33.6 Å². The Morgan fingerprint density at radius 1 is 1.34 bits per heavy atom. The summed E-state index contributed by atoms with van der Waals surface area (Å²) in [5.74, 6) is -0.703. The third-order valence-electron chi connectivity index (χ3n) is 4.58. The highest BCUT2D eigenvalue weighted by Crippen LogP contribution is 2.33. The molecule has 2 N–H and O–H groups in total. The Morgan fingerprint density at radius 3 is 2.79 bits per heavy atom. The average Bonchev–Trinajstić information content (AvgIpc) is 2.63. The first-order valence-corrected chi connectivity index (χ1v) is 10.0. The van der Waals surface area contributed by atoms with Crippen LogP contribution in [0.4, 0.5) is 0 Å². The molecular weight excluding hydrogens is 425 g/mol.